The van der Waals surface area contributed by atoms with Gasteiger partial charge >= 0.3 is 0 Å². The molecule has 2 N–H and O–H groups in total. The third-order valence-electron chi connectivity index (χ3n) is 3.82. The largest absolute Gasteiger partial charge is 0.302 e. The van der Waals surface area contributed by atoms with E-state index in [2.05, 4.69) is 33.6 Å². The van der Waals surface area contributed by atoms with Gasteiger partial charge in [0.2, 0.25) is 11.8 Å². The molecule has 134 valence electrons. The maximum Gasteiger partial charge on any atom is 0.232 e. The van der Waals surface area contributed by atoms with Crippen LogP contribution in [0.5, 0.6) is 0 Å². The third kappa shape index (κ3) is 4.17. The molecule has 0 spiro atoms. The van der Waals surface area contributed by atoms with Crippen molar-refractivity contribution in [2.24, 2.45) is 5.92 Å². The Morgan fingerprint density at radius 3 is 2.62 bits per heavy atom. The Labute approximate surface area is 162 Å². The number of thiazole rings is 2. The first-order valence-corrected chi connectivity index (χ1v) is 10.7. The standard InChI is InChI=1S/C17H16N4O2S3/c1-9-2-5-13(26-9)12-8-25-17(19-12)20-14(22)6-11-7-24-16(18-11)21-15(23)10-3-4-10/h2,5,7-8,10H,3-4,6H2,1H3,(H,18,21,23)(H,19,20,22). The SMILES string of the molecule is Cc1ccc(-c2csc(NC(=O)Cc3csc(NC(=O)C4CC4)n3)n2)s1. The number of nitrogens with one attached hydrogen (secondary N) is 2. The van der Waals surface area contributed by atoms with Crippen LogP contribution < -0.4 is 10.6 Å². The zero-order valence-electron chi connectivity index (χ0n) is 13.9. The highest BCUT2D eigenvalue weighted by atomic mass is 32.1. The summed E-state index contributed by atoms with van der Waals surface area (Å²) >= 11 is 4.42. The molecular formula is C17H16N4O2S3. The highest BCUT2D eigenvalue weighted by Gasteiger charge is 2.30. The smallest absolute Gasteiger partial charge is 0.232 e. The van der Waals surface area contributed by atoms with Crippen molar-refractivity contribution in [3.05, 3.63) is 33.5 Å². The van der Waals surface area contributed by atoms with Gasteiger partial charge in [0, 0.05) is 21.6 Å². The van der Waals surface area contributed by atoms with E-state index in [0.29, 0.717) is 16.0 Å². The van der Waals surface area contributed by atoms with Crippen LogP contribution in [-0.4, -0.2) is 21.8 Å². The van der Waals surface area contributed by atoms with Gasteiger partial charge in [-0.2, -0.15) is 0 Å². The van der Waals surface area contributed by atoms with Gasteiger partial charge in [-0.25, -0.2) is 9.97 Å². The predicted octanol–water partition coefficient (Wildman–Crippen LogP) is 4.17. The van der Waals surface area contributed by atoms with E-state index in [0.717, 1.165) is 23.4 Å². The Bertz CT molecular complexity index is 955. The molecule has 0 radical (unpaired) electrons. The van der Waals surface area contributed by atoms with E-state index in [-0.39, 0.29) is 24.2 Å². The van der Waals surface area contributed by atoms with Crippen LogP contribution in [0.15, 0.2) is 22.9 Å². The molecule has 1 aliphatic rings. The minimum atomic E-state index is -0.168. The summed E-state index contributed by atoms with van der Waals surface area (Å²) in [5, 5.41) is 10.5. The number of carbonyl (C=O) groups is 2. The lowest BCUT2D eigenvalue weighted by atomic mass is 10.3. The summed E-state index contributed by atoms with van der Waals surface area (Å²) in [5.74, 6) is -0.00927. The van der Waals surface area contributed by atoms with E-state index in [1.165, 1.54) is 27.6 Å². The van der Waals surface area contributed by atoms with Gasteiger partial charge in [-0.15, -0.1) is 34.0 Å². The molecule has 1 aliphatic carbocycles. The van der Waals surface area contributed by atoms with E-state index in [4.69, 9.17) is 0 Å². The molecule has 2 amide bonds. The number of carbonyl (C=O) groups excluding carboxylic acids is 2. The lowest BCUT2D eigenvalue weighted by molar-refractivity contribution is -0.117. The second-order valence-electron chi connectivity index (χ2n) is 6.08. The van der Waals surface area contributed by atoms with E-state index >= 15 is 0 Å². The number of amides is 2. The molecule has 1 saturated carbocycles. The molecule has 9 heteroatoms. The van der Waals surface area contributed by atoms with Crippen molar-refractivity contribution in [3.63, 3.8) is 0 Å². The third-order valence-corrected chi connectivity index (χ3v) is 6.40. The molecule has 0 saturated heterocycles. The Morgan fingerprint density at radius 1 is 1.12 bits per heavy atom. The van der Waals surface area contributed by atoms with Gasteiger partial charge in [-0.05, 0) is 31.9 Å². The number of hydrogen-bond donors (Lipinski definition) is 2. The zero-order valence-corrected chi connectivity index (χ0v) is 16.4. The summed E-state index contributed by atoms with van der Waals surface area (Å²) in [6.45, 7) is 2.05. The molecule has 3 aromatic heterocycles. The highest BCUT2D eigenvalue weighted by molar-refractivity contribution is 7.17. The molecule has 6 nitrogen and oxygen atoms in total. The minimum Gasteiger partial charge on any atom is -0.302 e. The topological polar surface area (TPSA) is 84.0 Å². The molecule has 3 heterocycles. The first kappa shape index (κ1) is 17.3. The number of thiophene rings is 1. The second-order valence-corrected chi connectivity index (χ2v) is 9.08. The molecule has 3 aromatic rings. The van der Waals surface area contributed by atoms with Crippen molar-refractivity contribution in [2.75, 3.05) is 10.6 Å². The fourth-order valence-corrected chi connectivity index (χ4v) is 4.69. The van der Waals surface area contributed by atoms with Crippen molar-refractivity contribution >= 4 is 56.1 Å². The fourth-order valence-electron chi connectivity index (χ4n) is 2.34. The number of rotatable bonds is 6. The molecule has 0 aromatic carbocycles. The molecule has 4 rings (SSSR count). The first-order chi connectivity index (χ1) is 12.6. The van der Waals surface area contributed by atoms with Crippen molar-refractivity contribution in [2.45, 2.75) is 26.2 Å². The summed E-state index contributed by atoms with van der Waals surface area (Å²) in [4.78, 5) is 35.1. The lowest BCUT2D eigenvalue weighted by Gasteiger charge is -2.00. The van der Waals surface area contributed by atoms with Crippen LogP contribution >= 0.6 is 34.0 Å². The van der Waals surface area contributed by atoms with Crippen molar-refractivity contribution in [3.8, 4) is 10.6 Å². The van der Waals surface area contributed by atoms with Gasteiger partial charge in [0.15, 0.2) is 10.3 Å². The van der Waals surface area contributed by atoms with Gasteiger partial charge in [0.1, 0.15) is 0 Å². The zero-order chi connectivity index (χ0) is 18.1. The van der Waals surface area contributed by atoms with E-state index in [1.807, 2.05) is 11.4 Å². The van der Waals surface area contributed by atoms with Gasteiger partial charge in [-0.3, -0.25) is 9.59 Å². The Morgan fingerprint density at radius 2 is 1.88 bits per heavy atom. The minimum absolute atomic E-state index is 0.0227. The van der Waals surface area contributed by atoms with Crippen LogP contribution in [0, 0.1) is 12.8 Å². The van der Waals surface area contributed by atoms with Gasteiger partial charge in [-0.1, -0.05) is 0 Å². The number of aromatic nitrogens is 2. The normalized spacial score (nSPS) is 13.6. The van der Waals surface area contributed by atoms with Crippen LogP contribution in [0.2, 0.25) is 0 Å². The average molecular weight is 405 g/mol. The molecule has 1 fully saturated rings. The summed E-state index contributed by atoms with van der Waals surface area (Å²) in [7, 11) is 0. The summed E-state index contributed by atoms with van der Waals surface area (Å²) < 4.78 is 0. The van der Waals surface area contributed by atoms with Crippen molar-refractivity contribution < 1.29 is 9.59 Å². The lowest BCUT2D eigenvalue weighted by Crippen LogP contribution is -2.15. The van der Waals surface area contributed by atoms with Crippen LogP contribution in [0.25, 0.3) is 10.6 Å². The van der Waals surface area contributed by atoms with Crippen LogP contribution in [0.4, 0.5) is 10.3 Å². The number of aryl methyl sites for hydroxylation is 1. The molecule has 0 bridgehead atoms. The maximum absolute atomic E-state index is 12.2. The van der Waals surface area contributed by atoms with Crippen LogP contribution in [-0.2, 0) is 16.0 Å². The van der Waals surface area contributed by atoms with Gasteiger partial charge in [0.05, 0.1) is 22.7 Å². The predicted molar refractivity (Wildman–Crippen MR) is 106 cm³/mol. The van der Waals surface area contributed by atoms with Crippen molar-refractivity contribution in [1.29, 1.82) is 0 Å². The summed E-state index contributed by atoms with van der Waals surface area (Å²) in [6.07, 6.45) is 2.06. The molecule has 0 unspecified atom stereocenters. The molecule has 26 heavy (non-hydrogen) atoms. The van der Waals surface area contributed by atoms with E-state index in [9.17, 15) is 9.59 Å². The fraction of sp³-hybridized carbons (Fsp3) is 0.294. The molecule has 0 atom stereocenters. The average Bonchev–Trinajstić information content (AvgIpc) is 2.96. The number of nitrogens with zero attached hydrogens (tertiary/aromatic N) is 2. The maximum atomic E-state index is 12.2. The molecule has 0 aliphatic heterocycles. The molecular weight excluding hydrogens is 388 g/mol. The summed E-state index contributed by atoms with van der Waals surface area (Å²) in [6, 6.07) is 4.09. The quantitative estimate of drug-likeness (QED) is 0.646. The van der Waals surface area contributed by atoms with Gasteiger partial charge < -0.3 is 10.6 Å². The second kappa shape index (κ2) is 7.26. The Hall–Kier alpha value is -2.10. The van der Waals surface area contributed by atoms with Crippen molar-refractivity contribution in [1.82, 2.24) is 9.97 Å². The monoisotopic (exact) mass is 404 g/mol. The first-order valence-electron chi connectivity index (χ1n) is 8.14. The Kier molecular flexibility index (Phi) is 4.84. The van der Waals surface area contributed by atoms with Crippen LogP contribution in [0.1, 0.15) is 23.4 Å². The highest BCUT2D eigenvalue weighted by Crippen LogP contribution is 2.31. The summed E-state index contributed by atoms with van der Waals surface area (Å²) in [5.41, 5.74) is 1.52. The Balaban J connectivity index is 1.33. The number of anilines is 2. The number of hydrogen-bond acceptors (Lipinski definition) is 7. The van der Waals surface area contributed by atoms with Gasteiger partial charge in [0.25, 0.3) is 0 Å². The van der Waals surface area contributed by atoms with E-state index < -0.39 is 0 Å². The van der Waals surface area contributed by atoms with E-state index in [1.54, 1.807) is 16.7 Å². The van der Waals surface area contributed by atoms with Crippen LogP contribution in [0.3, 0.4) is 0 Å².